The molecule has 0 saturated heterocycles. The molecule has 30 heavy (non-hydrogen) atoms. The van der Waals surface area contributed by atoms with Crippen molar-refractivity contribution in [2.45, 2.75) is 50.6 Å². The zero-order valence-corrected chi connectivity index (χ0v) is 19.7. The molecule has 2 atom stereocenters. The molecule has 0 saturated carbocycles. The van der Waals surface area contributed by atoms with Gasteiger partial charge in [0.15, 0.2) is 11.0 Å². The fourth-order valence-electron chi connectivity index (χ4n) is 3.53. The average Bonchev–Trinajstić information content (AvgIpc) is 2.73. The predicted octanol–water partition coefficient (Wildman–Crippen LogP) is 5.19. The van der Waals surface area contributed by atoms with Gasteiger partial charge in [-0.2, -0.15) is 0 Å². The maximum absolute atomic E-state index is 13.6. The van der Waals surface area contributed by atoms with Gasteiger partial charge in [0, 0.05) is 23.2 Å². The van der Waals surface area contributed by atoms with Crippen LogP contribution in [0.3, 0.4) is 0 Å². The molecule has 1 aromatic heterocycles. The molecular formula is C23H26BrN3O2S. The average molecular weight is 488 g/mol. The first kappa shape index (κ1) is 22.4. The molecule has 1 aromatic carbocycles. The highest BCUT2D eigenvalue weighted by molar-refractivity contribution is 9.10. The summed E-state index contributed by atoms with van der Waals surface area (Å²) in [6.45, 7) is 7.95. The van der Waals surface area contributed by atoms with Gasteiger partial charge in [-0.25, -0.2) is 4.21 Å². The monoisotopic (exact) mass is 487 g/mol. The molecule has 1 aliphatic heterocycles. The standard InChI is InChI=1S/C23H26BrN3O2S/c1-4-6-13-22-21(5-2)23(26(17(3)28)16-19-11-7-8-14-25-19)27(22)30(29)20-12-9-10-18(24)15-20/h5,7-12,14-15,22H,2,4,6,13,16H2,1,3H3/t22-,30?/m0/s1. The molecule has 158 valence electrons. The van der Waals surface area contributed by atoms with Crippen molar-refractivity contribution < 1.29 is 9.00 Å². The molecule has 5 nitrogen and oxygen atoms in total. The van der Waals surface area contributed by atoms with Crippen LogP contribution < -0.4 is 0 Å². The van der Waals surface area contributed by atoms with E-state index >= 15 is 0 Å². The van der Waals surface area contributed by atoms with Crippen LogP contribution in [0.15, 0.2) is 82.1 Å². The van der Waals surface area contributed by atoms with Crippen molar-refractivity contribution in [1.82, 2.24) is 14.2 Å². The highest BCUT2D eigenvalue weighted by Crippen LogP contribution is 2.41. The molecule has 0 spiro atoms. The molecule has 0 bridgehead atoms. The fourth-order valence-corrected chi connectivity index (χ4v) is 5.54. The Hall–Kier alpha value is -2.25. The number of hydrogen-bond acceptors (Lipinski definition) is 3. The lowest BCUT2D eigenvalue weighted by Gasteiger charge is -2.48. The van der Waals surface area contributed by atoms with Crippen molar-refractivity contribution in [2.24, 2.45) is 0 Å². The van der Waals surface area contributed by atoms with E-state index in [1.54, 1.807) is 17.2 Å². The van der Waals surface area contributed by atoms with Crippen LogP contribution in [0.5, 0.6) is 0 Å². The number of unbranched alkanes of at least 4 members (excludes halogenated alkanes) is 1. The molecule has 0 radical (unpaired) electrons. The molecule has 0 aliphatic carbocycles. The van der Waals surface area contributed by atoms with Crippen LogP contribution in [0, 0.1) is 0 Å². The highest BCUT2D eigenvalue weighted by Gasteiger charge is 2.43. The number of aromatic nitrogens is 1. The summed E-state index contributed by atoms with van der Waals surface area (Å²) in [5.41, 5.74) is 1.73. The van der Waals surface area contributed by atoms with E-state index in [9.17, 15) is 9.00 Å². The normalized spacial score (nSPS) is 16.8. The van der Waals surface area contributed by atoms with E-state index in [0.29, 0.717) is 17.3 Å². The third-order valence-electron chi connectivity index (χ3n) is 5.02. The zero-order chi connectivity index (χ0) is 21.7. The molecular weight excluding hydrogens is 462 g/mol. The minimum absolute atomic E-state index is 0.0390. The van der Waals surface area contributed by atoms with E-state index in [-0.39, 0.29) is 11.9 Å². The fraction of sp³-hybridized carbons (Fsp3) is 0.304. The van der Waals surface area contributed by atoms with Crippen LogP contribution in [0.4, 0.5) is 0 Å². The maximum Gasteiger partial charge on any atom is 0.225 e. The minimum atomic E-state index is -1.45. The topological polar surface area (TPSA) is 53.5 Å². The van der Waals surface area contributed by atoms with Crippen LogP contribution in [0.25, 0.3) is 0 Å². The number of carbonyl (C=O) groups excluding carboxylic acids is 1. The summed E-state index contributed by atoms with van der Waals surface area (Å²) < 4.78 is 16.3. The van der Waals surface area contributed by atoms with Crippen LogP contribution in [0.1, 0.15) is 38.8 Å². The van der Waals surface area contributed by atoms with E-state index in [0.717, 1.165) is 35.0 Å². The predicted molar refractivity (Wildman–Crippen MR) is 123 cm³/mol. The largest absolute Gasteiger partial charge is 0.292 e. The zero-order valence-electron chi connectivity index (χ0n) is 17.3. The highest BCUT2D eigenvalue weighted by atomic mass is 79.9. The van der Waals surface area contributed by atoms with Gasteiger partial charge in [-0.1, -0.05) is 60.5 Å². The van der Waals surface area contributed by atoms with Crippen LogP contribution in [0.2, 0.25) is 0 Å². The summed E-state index contributed by atoms with van der Waals surface area (Å²) in [7, 11) is -1.45. The van der Waals surface area contributed by atoms with Crippen LogP contribution in [-0.2, 0) is 22.3 Å². The van der Waals surface area contributed by atoms with Gasteiger partial charge in [0.05, 0.1) is 23.2 Å². The number of hydrogen-bond donors (Lipinski definition) is 0. The van der Waals surface area contributed by atoms with Gasteiger partial charge in [0.1, 0.15) is 5.82 Å². The summed E-state index contributed by atoms with van der Waals surface area (Å²) in [6.07, 6.45) is 6.40. The van der Waals surface area contributed by atoms with E-state index in [1.807, 2.05) is 46.8 Å². The van der Waals surface area contributed by atoms with Gasteiger partial charge in [0.2, 0.25) is 5.91 Å². The Kier molecular flexibility index (Phi) is 7.61. The Balaban J connectivity index is 2.02. The molecule has 1 aliphatic rings. The maximum atomic E-state index is 13.6. The van der Waals surface area contributed by atoms with Gasteiger partial charge in [-0.3, -0.25) is 19.0 Å². The molecule has 1 unspecified atom stereocenters. The Bertz CT molecular complexity index is 977. The van der Waals surface area contributed by atoms with Gasteiger partial charge in [-0.05, 0) is 36.8 Å². The number of pyridine rings is 1. The SMILES string of the molecule is C=CC1=C(N(Cc2ccccn2)C(C)=O)N(S(=O)c2cccc(Br)c2)[C@H]1CCCC. The quantitative estimate of drug-likeness (QED) is 0.489. The first-order valence-electron chi connectivity index (χ1n) is 9.99. The van der Waals surface area contributed by atoms with E-state index in [4.69, 9.17) is 0 Å². The number of amides is 1. The molecule has 3 rings (SSSR count). The lowest BCUT2D eigenvalue weighted by Crippen LogP contribution is -2.53. The van der Waals surface area contributed by atoms with E-state index < -0.39 is 11.0 Å². The molecule has 2 heterocycles. The first-order valence-corrected chi connectivity index (χ1v) is 11.9. The Morgan fingerprint density at radius 3 is 2.73 bits per heavy atom. The van der Waals surface area contributed by atoms with E-state index in [2.05, 4.69) is 34.4 Å². The summed E-state index contributed by atoms with van der Waals surface area (Å²) >= 11 is 3.46. The van der Waals surface area contributed by atoms with Gasteiger partial charge in [0.25, 0.3) is 0 Å². The van der Waals surface area contributed by atoms with E-state index in [1.165, 1.54) is 6.92 Å². The van der Waals surface area contributed by atoms with Gasteiger partial charge >= 0.3 is 0 Å². The van der Waals surface area contributed by atoms with Crippen molar-refractivity contribution in [3.8, 4) is 0 Å². The van der Waals surface area contributed by atoms with Crippen molar-refractivity contribution in [3.63, 3.8) is 0 Å². The van der Waals surface area contributed by atoms with Crippen LogP contribution >= 0.6 is 15.9 Å². The number of rotatable bonds is 9. The van der Waals surface area contributed by atoms with Crippen molar-refractivity contribution >= 4 is 32.8 Å². The molecule has 2 aromatic rings. The van der Waals surface area contributed by atoms with Gasteiger partial charge in [-0.15, -0.1) is 0 Å². The third-order valence-corrected chi connectivity index (χ3v) is 6.95. The second-order valence-corrected chi connectivity index (χ2v) is 9.38. The second-order valence-electron chi connectivity index (χ2n) is 7.10. The summed E-state index contributed by atoms with van der Waals surface area (Å²) in [5.74, 6) is 0.530. The lowest BCUT2D eigenvalue weighted by atomic mass is 9.94. The summed E-state index contributed by atoms with van der Waals surface area (Å²) in [4.78, 5) is 19.3. The number of halogens is 1. The smallest absolute Gasteiger partial charge is 0.225 e. The number of carbonyl (C=O) groups is 1. The second kappa shape index (κ2) is 10.2. The van der Waals surface area contributed by atoms with Gasteiger partial charge < -0.3 is 0 Å². The Morgan fingerprint density at radius 1 is 1.33 bits per heavy atom. The van der Waals surface area contributed by atoms with Crippen molar-refractivity contribution in [1.29, 1.82) is 0 Å². The third kappa shape index (κ3) is 4.73. The Morgan fingerprint density at radius 2 is 2.13 bits per heavy atom. The number of benzene rings is 1. The Labute approximate surface area is 189 Å². The lowest BCUT2D eigenvalue weighted by molar-refractivity contribution is -0.128. The first-order chi connectivity index (χ1) is 14.5. The van der Waals surface area contributed by atoms with Crippen molar-refractivity contribution in [3.05, 3.63) is 82.9 Å². The molecule has 0 fully saturated rings. The summed E-state index contributed by atoms with van der Waals surface area (Å²) in [5, 5.41) is 0. The van der Waals surface area contributed by atoms with Crippen molar-refractivity contribution in [2.75, 3.05) is 0 Å². The number of nitrogens with zero attached hydrogens (tertiary/aromatic N) is 3. The summed E-state index contributed by atoms with van der Waals surface area (Å²) in [6, 6.07) is 13.0. The minimum Gasteiger partial charge on any atom is -0.292 e. The van der Waals surface area contributed by atoms with Crippen LogP contribution in [-0.4, -0.2) is 30.3 Å². The molecule has 0 N–H and O–H groups in total. The molecule has 1 amide bonds. The molecule has 7 heteroatoms.